The van der Waals surface area contributed by atoms with Gasteiger partial charge in [0.05, 0.1) is 29.8 Å². The lowest BCUT2D eigenvalue weighted by molar-refractivity contribution is 0.0571. The Labute approximate surface area is 163 Å². The Morgan fingerprint density at radius 1 is 1.29 bits per heavy atom. The predicted octanol–water partition coefficient (Wildman–Crippen LogP) is 3.25. The summed E-state index contributed by atoms with van der Waals surface area (Å²) in [5.74, 6) is 0.537. The molecule has 0 spiro atoms. The van der Waals surface area contributed by atoms with Gasteiger partial charge in [-0.25, -0.2) is 4.98 Å². The first kappa shape index (κ1) is 19.8. The van der Waals surface area contributed by atoms with Crippen LogP contribution < -0.4 is 5.56 Å². The number of para-hydroxylation sites is 1. The lowest BCUT2D eigenvalue weighted by atomic mass is 10.2. The Morgan fingerprint density at radius 3 is 2.75 bits per heavy atom. The van der Waals surface area contributed by atoms with Crippen LogP contribution in [0.15, 0.2) is 51.9 Å². The molecule has 1 atom stereocenters. The van der Waals surface area contributed by atoms with Crippen molar-refractivity contribution in [3.05, 3.63) is 64.6 Å². The molecule has 0 aliphatic carbocycles. The fourth-order valence-electron chi connectivity index (χ4n) is 3.29. The lowest BCUT2D eigenvalue weighted by Crippen LogP contribution is -2.39. The first-order valence-electron chi connectivity index (χ1n) is 9.41. The fraction of sp³-hybridized carbons (Fsp3) is 0.381. The molecule has 0 bridgehead atoms. The van der Waals surface area contributed by atoms with Gasteiger partial charge in [0, 0.05) is 20.2 Å². The van der Waals surface area contributed by atoms with Gasteiger partial charge in [-0.1, -0.05) is 19.1 Å². The van der Waals surface area contributed by atoms with E-state index in [9.17, 15) is 9.59 Å². The van der Waals surface area contributed by atoms with Crippen LogP contribution in [-0.2, 0) is 11.3 Å². The van der Waals surface area contributed by atoms with E-state index in [0.717, 1.165) is 6.42 Å². The summed E-state index contributed by atoms with van der Waals surface area (Å²) in [7, 11) is 1.58. The molecule has 3 rings (SSSR count). The van der Waals surface area contributed by atoms with Crippen molar-refractivity contribution in [1.29, 1.82) is 0 Å². The van der Waals surface area contributed by atoms with E-state index >= 15 is 0 Å². The zero-order valence-electron chi connectivity index (χ0n) is 16.4. The van der Waals surface area contributed by atoms with Crippen molar-refractivity contribution >= 4 is 16.8 Å². The lowest BCUT2D eigenvalue weighted by Gasteiger charge is -2.29. The summed E-state index contributed by atoms with van der Waals surface area (Å²) in [5, 5.41) is 0.577. The van der Waals surface area contributed by atoms with Crippen molar-refractivity contribution < 1.29 is 13.9 Å². The molecule has 3 aromatic rings. The van der Waals surface area contributed by atoms with Crippen LogP contribution in [0.1, 0.15) is 42.7 Å². The summed E-state index contributed by atoms with van der Waals surface area (Å²) < 4.78 is 12.1. The Morgan fingerprint density at radius 2 is 2.07 bits per heavy atom. The third-order valence-corrected chi connectivity index (χ3v) is 4.71. The van der Waals surface area contributed by atoms with E-state index in [1.165, 1.54) is 6.26 Å². The number of carbonyl (C=O) groups is 1. The minimum atomic E-state index is -0.434. The number of hydrogen-bond donors (Lipinski definition) is 0. The molecule has 0 radical (unpaired) electrons. The SMILES string of the molecule is CCCn1c(C(C)N(CCOC)C(=O)c2ccco2)nc2ccccc2c1=O. The third kappa shape index (κ3) is 3.84. The summed E-state index contributed by atoms with van der Waals surface area (Å²) in [6.07, 6.45) is 2.25. The largest absolute Gasteiger partial charge is 0.459 e. The highest BCUT2D eigenvalue weighted by atomic mass is 16.5. The van der Waals surface area contributed by atoms with Gasteiger partial charge in [0.2, 0.25) is 0 Å². The van der Waals surface area contributed by atoms with Crippen LogP contribution in [0.3, 0.4) is 0 Å². The van der Waals surface area contributed by atoms with Gasteiger partial charge in [-0.3, -0.25) is 14.2 Å². The highest BCUT2D eigenvalue weighted by molar-refractivity contribution is 5.91. The molecule has 0 aliphatic rings. The minimum Gasteiger partial charge on any atom is -0.459 e. The van der Waals surface area contributed by atoms with Gasteiger partial charge >= 0.3 is 0 Å². The summed E-state index contributed by atoms with van der Waals surface area (Å²) in [6, 6.07) is 10.1. The molecule has 2 heterocycles. The molecule has 148 valence electrons. The first-order chi connectivity index (χ1) is 13.6. The van der Waals surface area contributed by atoms with Gasteiger partial charge in [-0.2, -0.15) is 0 Å². The molecule has 0 N–H and O–H groups in total. The molecule has 7 nitrogen and oxygen atoms in total. The van der Waals surface area contributed by atoms with Crippen molar-refractivity contribution in [2.45, 2.75) is 32.9 Å². The van der Waals surface area contributed by atoms with Crippen molar-refractivity contribution in [2.75, 3.05) is 20.3 Å². The minimum absolute atomic E-state index is 0.0913. The second kappa shape index (κ2) is 8.84. The number of carbonyl (C=O) groups excluding carboxylic acids is 1. The number of methoxy groups -OCH3 is 1. The number of nitrogens with zero attached hydrogens (tertiary/aromatic N) is 3. The van der Waals surface area contributed by atoms with E-state index in [2.05, 4.69) is 0 Å². The van der Waals surface area contributed by atoms with Crippen molar-refractivity contribution in [1.82, 2.24) is 14.5 Å². The van der Waals surface area contributed by atoms with E-state index in [-0.39, 0.29) is 17.2 Å². The molecule has 0 saturated carbocycles. The maximum Gasteiger partial charge on any atom is 0.290 e. The molecule has 28 heavy (non-hydrogen) atoms. The van der Waals surface area contributed by atoms with Gasteiger partial charge in [-0.05, 0) is 37.6 Å². The highest BCUT2D eigenvalue weighted by Crippen LogP contribution is 2.22. The molecule has 0 aliphatic heterocycles. The van der Waals surface area contributed by atoms with Gasteiger partial charge < -0.3 is 14.1 Å². The number of aromatic nitrogens is 2. The van der Waals surface area contributed by atoms with Crippen molar-refractivity contribution in [3.8, 4) is 0 Å². The standard InChI is InChI=1S/C21H25N3O4/c1-4-11-24-19(22-17-9-6-5-8-16(17)20(24)25)15(2)23(12-14-27-3)21(26)18-10-7-13-28-18/h5-10,13,15H,4,11-12,14H2,1-3H3. The van der Waals surface area contributed by atoms with E-state index < -0.39 is 6.04 Å². The molecule has 7 heteroatoms. The molecule has 1 amide bonds. The van der Waals surface area contributed by atoms with Crippen LogP contribution >= 0.6 is 0 Å². The van der Waals surface area contributed by atoms with E-state index in [1.54, 1.807) is 34.8 Å². The third-order valence-electron chi connectivity index (χ3n) is 4.71. The van der Waals surface area contributed by atoms with Crippen LogP contribution in [0.5, 0.6) is 0 Å². The van der Waals surface area contributed by atoms with Crippen LogP contribution in [0.2, 0.25) is 0 Å². The highest BCUT2D eigenvalue weighted by Gasteiger charge is 2.28. The van der Waals surface area contributed by atoms with Crippen molar-refractivity contribution in [2.24, 2.45) is 0 Å². The maximum absolute atomic E-state index is 13.1. The number of fused-ring (bicyclic) bond motifs is 1. The fourth-order valence-corrected chi connectivity index (χ4v) is 3.29. The molecule has 0 fully saturated rings. The average molecular weight is 383 g/mol. The van der Waals surface area contributed by atoms with Gasteiger partial charge in [-0.15, -0.1) is 0 Å². The number of ether oxygens (including phenoxy) is 1. The van der Waals surface area contributed by atoms with Gasteiger partial charge in [0.1, 0.15) is 5.82 Å². The monoisotopic (exact) mass is 383 g/mol. The summed E-state index contributed by atoms with van der Waals surface area (Å²) in [5.41, 5.74) is 0.533. The zero-order valence-corrected chi connectivity index (χ0v) is 16.4. The summed E-state index contributed by atoms with van der Waals surface area (Å²) >= 11 is 0. The molecular formula is C21H25N3O4. The van der Waals surface area contributed by atoms with Gasteiger partial charge in [0.25, 0.3) is 11.5 Å². The number of amides is 1. The van der Waals surface area contributed by atoms with Crippen LogP contribution in [0.25, 0.3) is 10.9 Å². The molecular weight excluding hydrogens is 358 g/mol. The molecule has 1 aromatic carbocycles. The quantitative estimate of drug-likeness (QED) is 0.597. The van der Waals surface area contributed by atoms with Crippen LogP contribution in [0, 0.1) is 0 Å². The van der Waals surface area contributed by atoms with E-state index in [0.29, 0.717) is 36.4 Å². The van der Waals surface area contributed by atoms with Gasteiger partial charge in [0.15, 0.2) is 5.76 Å². The number of hydrogen-bond acceptors (Lipinski definition) is 5. The molecule has 0 saturated heterocycles. The smallest absolute Gasteiger partial charge is 0.290 e. The summed E-state index contributed by atoms with van der Waals surface area (Å²) in [6.45, 7) is 5.13. The van der Waals surface area contributed by atoms with Crippen LogP contribution in [0.4, 0.5) is 0 Å². The van der Waals surface area contributed by atoms with E-state index in [4.69, 9.17) is 14.1 Å². The van der Waals surface area contributed by atoms with Crippen LogP contribution in [-0.4, -0.2) is 40.6 Å². The topological polar surface area (TPSA) is 77.6 Å². The van der Waals surface area contributed by atoms with E-state index in [1.807, 2.05) is 32.0 Å². The second-order valence-corrected chi connectivity index (χ2v) is 6.59. The number of furan rings is 1. The predicted molar refractivity (Wildman–Crippen MR) is 106 cm³/mol. The zero-order chi connectivity index (χ0) is 20.1. The summed E-state index contributed by atoms with van der Waals surface area (Å²) in [4.78, 5) is 32.4. The Balaban J connectivity index is 2.10. The maximum atomic E-state index is 13.1. The first-order valence-corrected chi connectivity index (χ1v) is 9.41. The second-order valence-electron chi connectivity index (χ2n) is 6.59. The Kier molecular flexibility index (Phi) is 6.26. The number of benzene rings is 1. The number of rotatable bonds is 8. The Hall–Kier alpha value is -2.93. The average Bonchev–Trinajstić information content (AvgIpc) is 3.25. The molecule has 2 aromatic heterocycles. The van der Waals surface area contributed by atoms with Crippen molar-refractivity contribution in [3.63, 3.8) is 0 Å². The normalized spacial score (nSPS) is 12.2. The molecule has 1 unspecified atom stereocenters. The Bertz CT molecular complexity index is 995.